The Labute approximate surface area is 123 Å². The van der Waals surface area contributed by atoms with Crippen LogP contribution in [-0.2, 0) is 6.54 Å². The first-order valence-electron chi connectivity index (χ1n) is 7.24. The molecule has 4 N–H and O–H groups in total. The summed E-state index contributed by atoms with van der Waals surface area (Å²) in [5.74, 6) is 5.29. The van der Waals surface area contributed by atoms with Crippen LogP contribution < -0.4 is 11.3 Å². The fourth-order valence-corrected chi connectivity index (χ4v) is 2.93. The van der Waals surface area contributed by atoms with Crippen LogP contribution in [0.15, 0.2) is 18.2 Å². The number of benzene rings is 1. The highest BCUT2D eigenvalue weighted by Crippen LogP contribution is 2.27. The molecule has 116 valence electrons. The lowest BCUT2D eigenvalue weighted by molar-refractivity contribution is -0.384. The molecule has 7 heteroatoms. The first-order valence-corrected chi connectivity index (χ1v) is 7.24. The molecule has 0 bridgehead atoms. The summed E-state index contributed by atoms with van der Waals surface area (Å²) in [7, 11) is 0. The number of anilines is 1. The lowest BCUT2D eigenvalue weighted by atomic mass is 9.98. The topological polar surface area (TPSA) is 105 Å². The summed E-state index contributed by atoms with van der Waals surface area (Å²) in [6.07, 6.45) is 4.14. The smallest absolute Gasteiger partial charge is 0.293 e. The van der Waals surface area contributed by atoms with E-state index in [1.807, 2.05) is 6.07 Å². The lowest BCUT2D eigenvalue weighted by Crippen LogP contribution is -2.39. The van der Waals surface area contributed by atoms with Crippen LogP contribution in [0.1, 0.15) is 31.2 Å². The average Bonchev–Trinajstić information content (AvgIpc) is 2.49. The highest BCUT2D eigenvalue weighted by molar-refractivity contribution is 5.61. The average molecular weight is 294 g/mol. The molecular formula is C14H22N4O3. The number of likely N-dealkylation sites (tertiary alicyclic amines) is 1. The molecule has 1 aliphatic rings. The Morgan fingerprint density at radius 2 is 2.29 bits per heavy atom. The molecule has 1 heterocycles. The van der Waals surface area contributed by atoms with Gasteiger partial charge in [0.15, 0.2) is 0 Å². The lowest BCUT2D eigenvalue weighted by Gasteiger charge is -2.35. The molecule has 1 aromatic rings. The molecule has 0 amide bonds. The second kappa shape index (κ2) is 7.35. The summed E-state index contributed by atoms with van der Waals surface area (Å²) >= 11 is 0. The van der Waals surface area contributed by atoms with E-state index in [2.05, 4.69) is 10.3 Å². The van der Waals surface area contributed by atoms with Gasteiger partial charge in [-0.1, -0.05) is 12.5 Å². The van der Waals surface area contributed by atoms with Gasteiger partial charge >= 0.3 is 0 Å². The van der Waals surface area contributed by atoms with Gasteiger partial charge in [-0.2, -0.15) is 0 Å². The van der Waals surface area contributed by atoms with Crippen molar-refractivity contribution in [3.05, 3.63) is 33.9 Å². The molecule has 0 spiro atoms. The van der Waals surface area contributed by atoms with Crippen LogP contribution in [0.4, 0.5) is 11.4 Å². The number of nitrogens with two attached hydrogens (primary N) is 1. The largest absolute Gasteiger partial charge is 0.396 e. The van der Waals surface area contributed by atoms with Gasteiger partial charge in [0.1, 0.15) is 5.69 Å². The number of nitrogen functional groups attached to an aromatic ring is 1. The number of nitrogens with zero attached hydrogens (tertiary/aromatic N) is 2. The van der Waals surface area contributed by atoms with Crippen molar-refractivity contribution >= 4 is 11.4 Å². The molecule has 2 rings (SSSR count). The minimum atomic E-state index is -0.430. The van der Waals surface area contributed by atoms with E-state index in [1.165, 1.54) is 6.42 Å². The summed E-state index contributed by atoms with van der Waals surface area (Å²) in [4.78, 5) is 12.9. The number of nitro benzene ring substituents is 1. The third-order valence-electron chi connectivity index (χ3n) is 4.01. The van der Waals surface area contributed by atoms with Crippen LogP contribution in [0.25, 0.3) is 0 Å². The number of hydrazine groups is 1. The zero-order chi connectivity index (χ0) is 15.2. The number of hydrogen-bond donors (Lipinski definition) is 3. The van der Waals surface area contributed by atoms with Gasteiger partial charge in [-0.15, -0.1) is 0 Å². The van der Waals surface area contributed by atoms with Crippen molar-refractivity contribution < 1.29 is 10.0 Å². The molecule has 1 saturated heterocycles. The van der Waals surface area contributed by atoms with Gasteiger partial charge in [-0.05, 0) is 37.4 Å². The molecule has 1 aromatic carbocycles. The SMILES string of the molecule is NNc1ccc(CN2CCCCC2CCO)cc1[N+](=O)[O-]. The fourth-order valence-electron chi connectivity index (χ4n) is 2.93. The Morgan fingerprint density at radius 1 is 1.48 bits per heavy atom. The Kier molecular flexibility index (Phi) is 5.49. The molecule has 0 aromatic heterocycles. The van der Waals surface area contributed by atoms with Gasteiger partial charge in [0.2, 0.25) is 0 Å². The van der Waals surface area contributed by atoms with Crippen molar-refractivity contribution in [3.63, 3.8) is 0 Å². The highest BCUT2D eigenvalue weighted by atomic mass is 16.6. The Bertz CT molecular complexity index is 493. The monoisotopic (exact) mass is 294 g/mol. The maximum Gasteiger partial charge on any atom is 0.293 e. The molecule has 0 saturated carbocycles. The molecular weight excluding hydrogens is 272 g/mol. The summed E-state index contributed by atoms with van der Waals surface area (Å²) in [6, 6.07) is 5.42. The van der Waals surface area contributed by atoms with E-state index in [0.29, 0.717) is 18.3 Å². The number of hydrogen-bond acceptors (Lipinski definition) is 6. The molecule has 1 aliphatic heterocycles. The normalized spacial score (nSPS) is 19.4. The predicted octanol–water partition coefficient (Wildman–Crippen LogP) is 1.62. The number of rotatable bonds is 6. The van der Waals surface area contributed by atoms with E-state index in [4.69, 9.17) is 10.9 Å². The van der Waals surface area contributed by atoms with Gasteiger partial charge in [-0.25, -0.2) is 0 Å². The third-order valence-corrected chi connectivity index (χ3v) is 4.01. The Hall–Kier alpha value is -1.70. The van der Waals surface area contributed by atoms with Crippen LogP contribution in [0.2, 0.25) is 0 Å². The van der Waals surface area contributed by atoms with Crippen molar-refractivity contribution in [1.82, 2.24) is 4.90 Å². The summed E-state index contributed by atoms with van der Waals surface area (Å²) < 4.78 is 0. The first kappa shape index (κ1) is 15.7. The highest BCUT2D eigenvalue weighted by Gasteiger charge is 2.23. The fraction of sp³-hybridized carbons (Fsp3) is 0.571. The molecule has 7 nitrogen and oxygen atoms in total. The Morgan fingerprint density at radius 3 is 2.95 bits per heavy atom. The van der Waals surface area contributed by atoms with Crippen molar-refractivity contribution in [2.75, 3.05) is 18.6 Å². The minimum Gasteiger partial charge on any atom is -0.396 e. The molecule has 1 fully saturated rings. The zero-order valence-electron chi connectivity index (χ0n) is 12.0. The zero-order valence-corrected chi connectivity index (χ0v) is 12.0. The van der Waals surface area contributed by atoms with Crippen LogP contribution in [0.3, 0.4) is 0 Å². The second-order valence-electron chi connectivity index (χ2n) is 5.39. The third kappa shape index (κ3) is 3.90. The van der Waals surface area contributed by atoms with Gasteiger partial charge in [0, 0.05) is 25.3 Å². The van der Waals surface area contributed by atoms with Crippen LogP contribution in [0.5, 0.6) is 0 Å². The Balaban J connectivity index is 2.14. The van der Waals surface area contributed by atoms with Crippen molar-refractivity contribution in [3.8, 4) is 0 Å². The molecule has 1 unspecified atom stereocenters. The number of nitro groups is 1. The van der Waals surface area contributed by atoms with E-state index in [0.717, 1.165) is 31.4 Å². The quantitative estimate of drug-likeness (QED) is 0.418. The van der Waals surface area contributed by atoms with Crippen molar-refractivity contribution in [1.29, 1.82) is 0 Å². The van der Waals surface area contributed by atoms with Gasteiger partial charge in [-0.3, -0.25) is 20.9 Å². The second-order valence-corrected chi connectivity index (χ2v) is 5.39. The van der Waals surface area contributed by atoms with Crippen LogP contribution in [0, 0.1) is 10.1 Å². The number of nitrogens with one attached hydrogen (secondary N) is 1. The van der Waals surface area contributed by atoms with E-state index >= 15 is 0 Å². The number of aliphatic hydroxyl groups is 1. The summed E-state index contributed by atoms with van der Waals surface area (Å²) in [5.41, 5.74) is 3.55. The number of aliphatic hydroxyl groups excluding tert-OH is 1. The maximum atomic E-state index is 11.1. The molecule has 1 atom stereocenters. The predicted molar refractivity (Wildman–Crippen MR) is 80.7 cm³/mol. The van der Waals surface area contributed by atoms with Crippen molar-refractivity contribution in [2.45, 2.75) is 38.3 Å². The molecule has 21 heavy (non-hydrogen) atoms. The maximum absolute atomic E-state index is 11.1. The molecule has 0 radical (unpaired) electrons. The van der Waals surface area contributed by atoms with E-state index in [1.54, 1.807) is 12.1 Å². The standard InChI is InChI=1S/C14H22N4O3/c15-16-13-5-4-11(9-14(13)18(20)21)10-17-7-2-1-3-12(17)6-8-19/h4-5,9,12,16,19H,1-3,6-8,10,15H2. The van der Waals surface area contributed by atoms with E-state index < -0.39 is 4.92 Å². The molecule has 0 aliphatic carbocycles. The first-order chi connectivity index (χ1) is 10.2. The van der Waals surface area contributed by atoms with Crippen LogP contribution >= 0.6 is 0 Å². The minimum absolute atomic E-state index is 0.00859. The van der Waals surface area contributed by atoms with E-state index in [9.17, 15) is 10.1 Å². The van der Waals surface area contributed by atoms with Gasteiger partial charge < -0.3 is 10.5 Å². The number of piperidine rings is 1. The van der Waals surface area contributed by atoms with Crippen molar-refractivity contribution in [2.24, 2.45) is 5.84 Å². The summed E-state index contributed by atoms with van der Waals surface area (Å²) in [5, 5.41) is 20.2. The van der Waals surface area contributed by atoms with Gasteiger partial charge in [0.05, 0.1) is 4.92 Å². The van der Waals surface area contributed by atoms with E-state index in [-0.39, 0.29) is 12.3 Å². The van der Waals surface area contributed by atoms with Gasteiger partial charge in [0.25, 0.3) is 5.69 Å². The van der Waals surface area contributed by atoms with Crippen LogP contribution in [-0.4, -0.2) is 34.1 Å². The summed E-state index contributed by atoms with van der Waals surface area (Å²) in [6.45, 7) is 1.81.